The van der Waals surface area contributed by atoms with Crippen molar-refractivity contribution in [3.63, 3.8) is 0 Å². The summed E-state index contributed by atoms with van der Waals surface area (Å²) in [5.74, 6) is -0.544. The molecule has 1 saturated carbocycles. The molecule has 0 amide bonds. The number of carboxylic acid groups (broad SMARTS) is 1. The summed E-state index contributed by atoms with van der Waals surface area (Å²) in [5, 5.41) is 19.7. The van der Waals surface area contributed by atoms with Gasteiger partial charge in [0.05, 0.1) is 25.4 Å². The van der Waals surface area contributed by atoms with Crippen molar-refractivity contribution in [3.8, 4) is 0 Å². The summed E-state index contributed by atoms with van der Waals surface area (Å²) < 4.78 is 11.9. The van der Waals surface area contributed by atoms with E-state index >= 15 is 0 Å². The fraction of sp³-hybridized carbons (Fsp3) is 0.625. The van der Waals surface area contributed by atoms with Gasteiger partial charge >= 0.3 is 5.97 Å². The highest BCUT2D eigenvalue weighted by Crippen LogP contribution is 2.36. The number of aliphatic carboxylic acids is 1. The number of carbonyl (C=O) groups is 1. The van der Waals surface area contributed by atoms with Crippen LogP contribution in [0.25, 0.3) is 0 Å². The normalized spacial score (nSPS) is 28.0. The van der Waals surface area contributed by atoms with Gasteiger partial charge in [-0.25, -0.2) is 0 Å². The third kappa shape index (κ3) is 6.91. The number of carboxylic acids is 1. The number of nitrogens with zero attached hydrogens (tertiary/aromatic N) is 1. The van der Waals surface area contributed by atoms with E-state index < -0.39 is 12.1 Å². The molecule has 2 fully saturated rings. The lowest BCUT2D eigenvalue weighted by Crippen LogP contribution is -2.46. The molecule has 2 aliphatic rings. The monoisotopic (exact) mass is 417 g/mol. The average molecular weight is 418 g/mol. The number of aliphatic hydroxyl groups excluding tert-OH is 1. The first-order chi connectivity index (χ1) is 14.6. The molecular weight excluding hydrogens is 382 g/mol. The Labute approximate surface area is 179 Å². The van der Waals surface area contributed by atoms with Gasteiger partial charge in [0.1, 0.15) is 0 Å². The van der Waals surface area contributed by atoms with Crippen LogP contribution in [0.4, 0.5) is 0 Å². The summed E-state index contributed by atoms with van der Waals surface area (Å²) in [6.45, 7) is 3.81. The summed E-state index contributed by atoms with van der Waals surface area (Å²) in [4.78, 5) is 13.1. The highest BCUT2D eigenvalue weighted by Gasteiger charge is 2.45. The quantitative estimate of drug-likeness (QED) is 0.449. The van der Waals surface area contributed by atoms with Crippen LogP contribution in [0, 0.1) is 5.92 Å². The van der Waals surface area contributed by atoms with Gasteiger partial charge in [0.2, 0.25) is 0 Å². The van der Waals surface area contributed by atoms with Crippen LogP contribution in [0.15, 0.2) is 42.5 Å². The molecule has 4 atom stereocenters. The molecule has 6 heteroatoms. The fourth-order valence-corrected chi connectivity index (χ4v) is 4.64. The zero-order chi connectivity index (χ0) is 21.2. The van der Waals surface area contributed by atoms with E-state index in [9.17, 15) is 9.90 Å². The first-order valence-corrected chi connectivity index (χ1v) is 11.2. The predicted molar refractivity (Wildman–Crippen MR) is 115 cm³/mol. The summed E-state index contributed by atoms with van der Waals surface area (Å²) >= 11 is 0. The van der Waals surface area contributed by atoms with Crippen LogP contribution in [0.1, 0.15) is 44.1 Å². The number of ether oxygens (including phenoxy) is 2. The Morgan fingerprint density at radius 1 is 1.20 bits per heavy atom. The van der Waals surface area contributed by atoms with Gasteiger partial charge < -0.3 is 19.7 Å². The van der Waals surface area contributed by atoms with Crippen LogP contribution in [-0.2, 0) is 20.9 Å². The van der Waals surface area contributed by atoms with E-state index in [0.29, 0.717) is 26.1 Å². The molecule has 1 aliphatic heterocycles. The van der Waals surface area contributed by atoms with Crippen LogP contribution in [0.2, 0.25) is 0 Å². The van der Waals surface area contributed by atoms with Crippen molar-refractivity contribution in [2.75, 3.05) is 26.3 Å². The maximum absolute atomic E-state index is 10.9. The lowest BCUT2D eigenvalue weighted by atomic mass is 9.94. The Kier molecular flexibility index (Phi) is 9.33. The molecular formula is C24H35NO5. The number of benzene rings is 1. The number of allylic oxidation sites excluding steroid dienone is 2. The zero-order valence-corrected chi connectivity index (χ0v) is 17.7. The molecule has 0 unspecified atom stereocenters. The zero-order valence-electron chi connectivity index (χ0n) is 17.7. The van der Waals surface area contributed by atoms with Crippen molar-refractivity contribution in [3.05, 3.63) is 48.0 Å². The number of hydrogen-bond donors (Lipinski definition) is 2. The third-order valence-corrected chi connectivity index (χ3v) is 6.11. The molecule has 1 aromatic carbocycles. The van der Waals surface area contributed by atoms with Crippen molar-refractivity contribution in [2.24, 2.45) is 5.92 Å². The third-order valence-electron chi connectivity index (χ3n) is 6.11. The van der Waals surface area contributed by atoms with Gasteiger partial charge in [-0.2, -0.15) is 0 Å². The number of aliphatic hydroxyl groups is 1. The molecule has 0 radical (unpaired) electrons. The second-order valence-corrected chi connectivity index (χ2v) is 8.29. The highest BCUT2D eigenvalue weighted by atomic mass is 16.5. The molecule has 0 bridgehead atoms. The highest BCUT2D eigenvalue weighted by molar-refractivity contribution is 5.66. The molecule has 6 nitrogen and oxygen atoms in total. The van der Waals surface area contributed by atoms with E-state index in [1.165, 1.54) is 0 Å². The van der Waals surface area contributed by atoms with Gasteiger partial charge in [-0.15, -0.1) is 0 Å². The summed E-state index contributed by atoms with van der Waals surface area (Å²) in [5.41, 5.74) is 1.14. The molecule has 166 valence electrons. The van der Waals surface area contributed by atoms with Gasteiger partial charge in [-0.3, -0.25) is 9.69 Å². The molecule has 0 aromatic heterocycles. The Bertz CT molecular complexity index is 657. The fourth-order valence-electron chi connectivity index (χ4n) is 4.64. The Morgan fingerprint density at radius 2 is 2.03 bits per heavy atom. The average Bonchev–Trinajstić information content (AvgIpc) is 2.90. The van der Waals surface area contributed by atoms with Gasteiger partial charge in [-0.05, 0) is 31.2 Å². The maximum Gasteiger partial charge on any atom is 0.303 e. The van der Waals surface area contributed by atoms with Crippen LogP contribution >= 0.6 is 0 Å². The van der Waals surface area contributed by atoms with Crippen LogP contribution in [0.3, 0.4) is 0 Å². The second-order valence-electron chi connectivity index (χ2n) is 8.29. The van der Waals surface area contributed by atoms with E-state index in [4.69, 9.17) is 14.6 Å². The maximum atomic E-state index is 10.9. The van der Waals surface area contributed by atoms with Crippen molar-refractivity contribution >= 4 is 5.97 Å². The minimum absolute atomic E-state index is 0.00181. The summed E-state index contributed by atoms with van der Waals surface area (Å²) in [6, 6.07) is 10.2. The van der Waals surface area contributed by atoms with E-state index in [0.717, 1.165) is 44.5 Å². The van der Waals surface area contributed by atoms with Crippen molar-refractivity contribution in [1.29, 1.82) is 0 Å². The van der Waals surface area contributed by atoms with Gasteiger partial charge in [0, 0.05) is 44.5 Å². The minimum atomic E-state index is -0.750. The van der Waals surface area contributed by atoms with Gasteiger partial charge in [0.25, 0.3) is 0 Å². The first kappa shape index (κ1) is 22.9. The van der Waals surface area contributed by atoms with Crippen LogP contribution in [0.5, 0.6) is 0 Å². The first-order valence-electron chi connectivity index (χ1n) is 11.2. The van der Waals surface area contributed by atoms with E-state index in [1.54, 1.807) is 0 Å². The Morgan fingerprint density at radius 3 is 2.83 bits per heavy atom. The number of hydrogen-bond acceptors (Lipinski definition) is 5. The molecule has 3 rings (SSSR count). The number of unbranched alkanes of at least 4 members (excludes halogenated alkanes) is 1. The lowest BCUT2D eigenvalue weighted by Gasteiger charge is -2.34. The summed E-state index contributed by atoms with van der Waals surface area (Å²) in [7, 11) is 0. The number of rotatable bonds is 10. The molecule has 1 saturated heterocycles. The van der Waals surface area contributed by atoms with Crippen molar-refractivity contribution in [1.82, 2.24) is 4.90 Å². The molecule has 1 heterocycles. The summed E-state index contributed by atoms with van der Waals surface area (Å²) in [6.07, 6.45) is 7.88. The molecule has 1 aromatic rings. The standard InChI is InChI=1S/C24H35NO5/c26-21-17-22(30-18-19-9-4-3-5-10-19)20(11-6-1-2-7-12-23(27)28)24(21)25-13-8-15-29-16-14-25/h1,3-6,9-10,20-22,24,26H,2,7-8,11-18H2,(H,27,28)/t20-,21+,22-,24+/m0/s1. The van der Waals surface area contributed by atoms with E-state index in [-0.39, 0.29) is 24.5 Å². The smallest absolute Gasteiger partial charge is 0.303 e. The SMILES string of the molecule is O=C(O)CCCC=CC[C@@H]1[C@@H](N2CCCOCC2)[C@H](O)C[C@@H]1OCc1ccccc1. The van der Waals surface area contributed by atoms with E-state index in [2.05, 4.69) is 29.2 Å². The van der Waals surface area contributed by atoms with Gasteiger partial charge in [-0.1, -0.05) is 42.5 Å². The molecule has 0 spiro atoms. The minimum Gasteiger partial charge on any atom is -0.481 e. The lowest BCUT2D eigenvalue weighted by molar-refractivity contribution is -0.137. The molecule has 2 N–H and O–H groups in total. The Balaban J connectivity index is 1.63. The van der Waals surface area contributed by atoms with Crippen LogP contribution < -0.4 is 0 Å². The molecule has 30 heavy (non-hydrogen) atoms. The largest absolute Gasteiger partial charge is 0.481 e. The topological polar surface area (TPSA) is 79.2 Å². The molecule has 1 aliphatic carbocycles. The van der Waals surface area contributed by atoms with Crippen LogP contribution in [-0.4, -0.2) is 65.6 Å². The second kappa shape index (κ2) is 12.2. The van der Waals surface area contributed by atoms with Crippen molar-refractivity contribution < 1.29 is 24.5 Å². The Hall–Kier alpha value is -1.73. The van der Waals surface area contributed by atoms with E-state index in [1.807, 2.05) is 18.2 Å². The predicted octanol–water partition coefficient (Wildman–Crippen LogP) is 3.24. The van der Waals surface area contributed by atoms with Gasteiger partial charge in [0.15, 0.2) is 0 Å². The van der Waals surface area contributed by atoms with Crippen molar-refractivity contribution in [2.45, 2.75) is 63.4 Å².